The molecular formula is C22H23F5N8O. The molecule has 9 nitrogen and oxygen atoms in total. The normalized spacial score (nSPS) is 19.8. The van der Waals surface area contributed by atoms with Gasteiger partial charge in [0.15, 0.2) is 11.5 Å². The molecule has 1 N–H and O–H groups in total. The molecule has 3 aromatic rings. The Morgan fingerprint density at radius 1 is 1.17 bits per heavy atom. The second-order valence-corrected chi connectivity index (χ2v) is 8.72. The minimum absolute atomic E-state index is 0.0582. The van der Waals surface area contributed by atoms with E-state index in [1.165, 1.54) is 17.1 Å². The van der Waals surface area contributed by atoms with Gasteiger partial charge >= 0.3 is 6.18 Å². The molecule has 1 fully saturated rings. The molecule has 3 aromatic heterocycles. The predicted octanol–water partition coefficient (Wildman–Crippen LogP) is 3.59. The van der Waals surface area contributed by atoms with Gasteiger partial charge in [-0.25, -0.2) is 28.7 Å². The zero-order valence-corrected chi connectivity index (χ0v) is 19.6. The second kappa shape index (κ2) is 9.39. The largest absolute Gasteiger partial charge is 0.419 e. The van der Waals surface area contributed by atoms with Gasteiger partial charge in [-0.3, -0.25) is 9.48 Å². The van der Waals surface area contributed by atoms with Crippen molar-refractivity contribution in [3.05, 3.63) is 47.8 Å². The van der Waals surface area contributed by atoms with Crippen LogP contribution in [0.15, 0.2) is 30.9 Å². The van der Waals surface area contributed by atoms with Crippen LogP contribution in [-0.4, -0.2) is 65.6 Å². The van der Waals surface area contributed by atoms with Gasteiger partial charge in [-0.1, -0.05) is 6.92 Å². The summed E-state index contributed by atoms with van der Waals surface area (Å²) in [5.41, 5.74) is -0.171. The molecule has 2 atom stereocenters. The first-order chi connectivity index (χ1) is 16.9. The summed E-state index contributed by atoms with van der Waals surface area (Å²) < 4.78 is 68.9. The van der Waals surface area contributed by atoms with Crippen molar-refractivity contribution in [1.82, 2.24) is 34.6 Å². The number of anilines is 1. The fourth-order valence-electron chi connectivity index (χ4n) is 4.23. The maximum Gasteiger partial charge on any atom is 0.419 e. The van der Waals surface area contributed by atoms with Gasteiger partial charge in [-0.15, -0.1) is 0 Å². The number of carbonyl (C=O) groups excluding carboxylic acids is 1. The summed E-state index contributed by atoms with van der Waals surface area (Å²) in [5.74, 6) is -4.40. The molecule has 4 rings (SSSR count). The zero-order chi connectivity index (χ0) is 26.3. The first-order valence-corrected chi connectivity index (χ1v) is 11.0. The van der Waals surface area contributed by atoms with Gasteiger partial charge in [0.2, 0.25) is 5.95 Å². The van der Waals surface area contributed by atoms with E-state index >= 15 is 0 Å². The lowest BCUT2D eigenvalue weighted by Gasteiger charge is -2.43. The molecule has 36 heavy (non-hydrogen) atoms. The van der Waals surface area contributed by atoms with Crippen molar-refractivity contribution in [1.29, 1.82) is 0 Å². The molecule has 1 saturated heterocycles. The van der Waals surface area contributed by atoms with Gasteiger partial charge in [-0.05, 0) is 18.9 Å². The molecule has 0 spiro atoms. The van der Waals surface area contributed by atoms with E-state index in [4.69, 9.17) is 0 Å². The topological polar surface area (TPSA) is 102 Å². The van der Waals surface area contributed by atoms with Crippen LogP contribution in [0.1, 0.15) is 35.1 Å². The summed E-state index contributed by atoms with van der Waals surface area (Å²) in [4.78, 5) is 30.4. The summed E-state index contributed by atoms with van der Waals surface area (Å²) >= 11 is 0. The molecule has 0 aliphatic carbocycles. The van der Waals surface area contributed by atoms with Crippen LogP contribution in [0.25, 0.3) is 11.4 Å². The van der Waals surface area contributed by atoms with Crippen molar-refractivity contribution in [3.8, 4) is 11.4 Å². The van der Waals surface area contributed by atoms with Crippen molar-refractivity contribution in [2.75, 3.05) is 18.4 Å². The second-order valence-electron chi connectivity index (χ2n) is 8.72. The lowest BCUT2D eigenvalue weighted by atomic mass is 9.88. The van der Waals surface area contributed by atoms with Crippen LogP contribution < -0.4 is 5.32 Å². The number of piperidine rings is 1. The summed E-state index contributed by atoms with van der Waals surface area (Å²) in [5, 5.41) is 7.04. The monoisotopic (exact) mass is 510 g/mol. The number of alkyl halides is 5. The Morgan fingerprint density at radius 3 is 2.42 bits per heavy atom. The summed E-state index contributed by atoms with van der Waals surface area (Å²) in [6, 6.07) is 0.865. The Hall–Kier alpha value is -3.71. The number of aromatic nitrogens is 6. The molecule has 192 valence electrons. The third kappa shape index (κ3) is 5.11. The summed E-state index contributed by atoms with van der Waals surface area (Å²) in [6.45, 7) is 2.39. The van der Waals surface area contributed by atoms with Crippen molar-refractivity contribution in [3.63, 3.8) is 0 Å². The van der Waals surface area contributed by atoms with Gasteiger partial charge in [0.1, 0.15) is 0 Å². The highest BCUT2D eigenvalue weighted by Crippen LogP contribution is 2.36. The van der Waals surface area contributed by atoms with Crippen molar-refractivity contribution >= 4 is 11.9 Å². The molecule has 1 aliphatic heterocycles. The molecule has 0 aromatic carbocycles. The van der Waals surface area contributed by atoms with Gasteiger partial charge in [0.25, 0.3) is 11.8 Å². The summed E-state index contributed by atoms with van der Waals surface area (Å²) in [6.07, 6.45) is -0.814. The first kappa shape index (κ1) is 25.4. The van der Waals surface area contributed by atoms with E-state index in [2.05, 4.69) is 30.4 Å². The maximum atomic E-state index is 14.6. The van der Waals surface area contributed by atoms with Crippen molar-refractivity contribution in [2.45, 2.75) is 38.4 Å². The Morgan fingerprint density at radius 2 is 1.81 bits per heavy atom. The number of halogens is 5. The fraction of sp³-hybridized carbons (Fsp3) is 0.455. The number of hydrogen-bond acceptors (Lipinski definition) is 7. The average Bonchev–Trinajstić information content (AvgIpc) is 3.11. The SMILES string of the molecule is Cc1c(-c2ncccn2)c(C(=O)N2CC(F)(F)C[C@@H](C)[C@H]2CNc2ncc(C(F)(F)F)cn2)nn1C. The number of aryl methyl sites for hydroxylation is 1. The van der Waals surface area contributed by atoms with Gasteiger partial charge in [0.05, 0.1) is 23.7 Å². The van der Waals surface area contributed by atoms with Crippen LogP contribution in [0.3, 0.4) is 0 Å². The zero-order valence-electron chi connectivity index (χ0n) is 19.6. The van der Waals surface area contributed by atoms with Gasteiger partial charge in [-0.2, -0.15) is 18.3 Å². The van der Waals surface area contributed by atoms with Crippen LogP contribution in [0.4, 0.5) is 27.9 Å². The van der Waals surface area contributed by atoms with Crippen LogP contribution >= 0.6 is 0 Å². The first-order valence-electron chi connectivity index (χ1n) is 11.0. The van der Waals surface area contributed by atoms with Crippen molar-refractivity contribution in [2.24, 2.45) is 13.0 Å². The highest BCUT2D eigenvalue weighted by molar-refractivity contribution is 5.99. The highest BCUT2D eigenvalue weighted by Gasteiger charge is 2.47. The third-order valence-electron chi connectivity index (χ3n) is 6.11. The average molecular weight is 510 g/mol. The quantitative estimate of drug-likeness (QED) is 0.524. The molecule has 1 aliphatic rings. The number of nitrogens with one attached hydrogen (secondary N) is 1. The molecule has 0 unspecified atom stereocenters. The van der Waals surface area contributed by atoms with E-state index in [0.717, 1.165) is 4.90 Å². The molecule has 14 heteroatoms. The number of likely N-dealkylation sites (tertiary alicyclic amines) is 1. The van der Waals surface area contributed by atoms with Crippen molar-refractivity contribution < 1.29 is 26.7 Å². The predicted molar refractivity (Wildman–Crippen MR) is 118 cm³/mol. The van der Waals surface area contributed by atoms with Gasteiger partial charge < -0.3 is 10.2 Å². The number of hydrogen-bond donors (Lipinski definition) is 1. The molecule has 0 bridgehead atoms. The lowest BCUT2D eigenvalue weighted by molar-refractivity contribution is -0.138. The van der Waals surface area contributed by atoms with E-state index in [1.807, 2.05) is 0 Å². The smallest absolute Gasteiger partial charge is 0.352 e. The molecule has 1 amide bonds. The maximum absolute atomic E-state index is 14.6. The van der Waals surface area contributed by atoms with E-state index in [0.29, 0.717) is 23.7 Å². The Kier molecular flexibility index (Phi) is 6.62. The molecule has 4 heterocycles. The number of rotatable bonds is 5. The van der Waals surface area contributed by atoms with Crippen LogP contribution in [0, 0.1) is 12.8 Å². The van der Waals surface area contributed by atoms with Crippen LogP contribution in [-0.2, 0) is 13.2 Å². The highest BCUT2D eigenvalue weighted by atomic mass is 19.4. The Labute approximate surface area is 202 Å². The molecular weight excluding hydrogens is 487 g/mol. The standard InChI is InChI=1S/C22H23F5N8O/c1-12-7-21(23,24)11-35(15(12)10-32-20-30-8-14(9-31-20)22(25,26)27)19(36)17-16(13(2)34(3)33-17)18-28-5-4-6-29-18/h4-6,8-9,12,15H,7,10-11H2,1-3H3,(H,30,31,32)/t12-,15-/m1/s1. The molecule has 0 radical (unpaired) electrons. The summed E-state index contributed by atoms with van der Waals surface area (Å²) in [7, 11) is 1.62. The van der Waals surface area contributed by atoms with E-state index in [-0.39, 0.29) is 24.0 Å². The molecule has 0 saturated carbocycles. The number of nitrogens with zero attached hydrogens (tertiary/aromatic N) is 7. The van der Waals surface area contributed by atoms with Crippen LogP contribution in [0.5, 0.6) is 0 Å². The minimum atomic E-state index is -4.59. The number of amides is 1. The Bertz CT molecular complexity index is 1230. The minimum Gasteiger partial charge on any atom is -0.352 e. The lowest BCUT2D eigenvalue weighted by Crippen LogP contribution is -2.57. The fourth-order valence-corrected chi connectivity index (χ4v) is 4.23. The third-order valence-corrected chi connectivity index (χ3v) is 6.11. The van der Waals surface area contributed by atoms with E-state index < -0.39 is 48.5 Å². The number of carbonyl (C=O) groups is 1. The van der Waals surface area contributed by atoms with Gasteiger partial charge in [0, 0.05) is 50.5 Å². The Balaban J connectivity index is 1.63. The van der Waals surface area contributed by atoms with E-state index in [9.17, 15) is 26.7 Å². The van der Waals surface area contributed by atoms with E-state index in [1.54, 1.807) is 27.0 Å². The van der Waals surface area contributed by atoms with Crippen LogP contribution in [0.2, 0.25) is 0 Å².